The van der Waals surface area contributed by atoms with Gasteiger partial charge in [0, 0.05) is 12.3 Å². The molecule has 0 N–H and O–H groups in total. The summed E-state index contributed by atoms with van der Waals surface area (Å²) >= 11 is 0. The van der Waals surface area contributed by atoms with E-state index in [2.05, 4.69) is 20.4 Å². The van der Waals surface area contributed by atoms with Crippen LogP contribution in [0, 0.1) is 17.3 Å². The molecule has 2 atom stereocenters. The van der Waals surface area contributed by atoms with E-state index in [9.17, 15) is 4.79 Å². The van der Waals surface area contributed by atoms with Gasteiger partial charge in [-0.05, 0) is 11.3 Å². The SMILES string of the molecule is C=CC1CC(=O)C(C)C1(C)C. The summed E-state index contributed by atoms with van der Waals surface area (Å²) in [4.78, 5) is 11.3. The fourth-order valence-electron chi connectivity index (χ4n) is 1.78. The van der Waals surface area contributed by atoms with Crippen molar-refractivity contribution in [3.63, 3.8) is 0 Å². The second-order valence-corrected chi connectivity index (χ2v) is 4.06. The molecule has 1 fully saturated rings. The molecule has 0 heterocycles. The van der Waals surface area contributed by atoms with Gasteiger partial charge in [0.25, 0.3) is 0 Å². The molecule has 0 spiro atoms. The van der Waals surface area contributed by atoms with Crippen LogP contribution in [0.5, 0.6) is 0 Å². The maximum Gasteiger partial charge on any atom is 0.136 e. The molecule has 1 saturated carbocycles. The fraction of sp³-hybridized carbons (Fsp3) is 0.700. The standard InChI is InChI=1S/C10H16O/c1-5-8-6-9(11)7(2)10(8,3)4/h5,7-8H,1,6H2,2-4H3. The molecule has 11 heavy (non-hydrogen) atoms. The molecular weight excluding hydrogens is 136 g/mol. The molecule has 0 aromatic heterocycles. The van der Waals surface area contributed by atoms with Crippen LogP contribution in [0.15, 0.2) is 12.7 Å². The number of carbonyl (C=O) groups excluding carboxylic acids is 1. The Labute approximate surface area is 68.5 Å². The van der Waals surface area contributed by atoms with Gasteiger partial charge >= 0.3 is 0 Å². The van der Waals surface area contributed by atoms with Crippen molar-refractivity contribution in [1.82, 2.24) is 0 Å². The summed E-state index contributed by atoms with van der Waals surface area (Å²) in [6.45, 7) is 10.1. The summed E-state index contributed by atoms with van der Waals surface area (Å²) in [5, 5.41) is 0. The molecule has 0 radical (unpaired) electrons. The molecule has 62 valence electrons. The largest absolute Gasteiger partial charge is 0.299 e. The summed E-state index contributed by atoms with van der Waals surface area (Å²) in [6.07, 6.45) is 2.61. The van der Waals surface area contributed by atoms with E-state index in [0.717, 1.165) is 0 Å². The monoisotopic (exact) mass is 152 g/mol. The van der Waals surface area contributed by atoms with Crippen molar-refractivity contribution in [2.45, 2.75) is 27.2 Å². The first-order valence-electron chi connectivity index (χ1n) is 4.15. The summed E-state index contributed by atoms with van der Waals surface area (Å²) in [6, 6.07) is 0. The van der Waals surface area contributed by atoms with Crippen molar-refractivity contribution in [3.05, 3.63) is 12.7 Å². The van der Waals surface area contributed by atoms with Crippen molar-refractivity contribution in [2.24, 2.45) is 17.3 Å². The molecule has 0 aromatic carbocycles. The Kier molecular flexibility index (Phi) is 1.91. The van der Waals surface area contributed by atoms with Gasteiger partial charge in [-0.1, -0.05) is 26.8 Å². The molecule has 1 aliphatic carbocycles. The first kappa shape index (κ1) is 8.51. The van der Waals surface area contributed by atoms with E-state index in [1.165, 1.54) is 0 Å². The average Bonchev–Trinajstić information content (AvgIpc) is 2.13. The van der Waals surface area contributed by atoms with Crippen LogP contribution in [0.4, 0.5) is 0 Å². The third kappa shape index (κ3) is 1.13. The van der Waals surface area contributed by atoms with Gasteiger partial charge in [0.2, 0.25) is 0 Å². The van der Waals surface area contributed by atoms with E-state index in [-0.39, 0.29) is 11.3 Å². The Morgan fingerprint density at radius 2 is 2.18 bits per heavy atom. The van der Waals surface area contributed by atoms with E-state index in [4.69, 9.17) is 0 Å². The predicted octanol–water partition coefficient (Wildman–Crippen LogP) is 2.42. The van der Waals surface area contributed by atoms with Crippen molar-refractivity contribution >= 4 is 5.78 Å². The maximum absolute atomic E-state index is 11.3. The highest BCUT2D eigenvalue weighted by Gasteiger charge is 2.44. The van der Waals surface area contributed by atoms with E-state index < -0.39 is 0 Å². The zero-order chi connectivity index (χ0) is 8.65. The van der Waals surface area contributed by atoms with Gasteiger partial charge < -0.3 is 0 Å². The third-order valence-electron chi connectivity index (χ3n) is 3.26. The number of carbonyl (C=O) groups is 1. The number of ketones is 1. The van der Waals surface area contributed by atoms with E-state index in [1.807, 2.05) is 13.0 Å². The summed E-state index contributed by atoms with van der Waals surface area (Å²) in [5.74, 6) is 0.968. The highest BCUT2D eigenvalue weighted by atomic mass is 16.1. The number of hydrogen-bond donors (Lipinski definition) is 0. The van der Waals surface area contributed by atoms with Gasteiger partial charge in [-0.3, -0.25) is 4.79 Å². The summed E-state index contributed by atoms with van der Waals surface area (Å²) in [5.41, 5.74) is 0.124. The Morgan fingerprint density at radius 3 is 2.36 bits per heavy atom. The maximum atomic E-state index is 11.3. The van der Waals surface area contributed by atoms with Crippen LogP contribution in [0.1, 0.15) is 27.2 Å². The summed E-state index contributed by atoms with van der Waals surface area (Å²) < 4.78 is 0. The minimum absolute atomic E-state index is 0.124. The van der Waals surface area contributed by atoms with E-state index in [1.54, 1.807) is 0 Å². The first-order valence-corrected chi connectivity index (χ1v) is 4.15. The normalized spacial score (nSPS) is 35.7. The molecule has 1 nitrogen and oxygen atoms in total. The van der Waals surface area contributed by atoms with Gasteiger partial charge in [0.1, 0.15) is 5.78 Å². The number of allylic oxidation sites excluding steroid dienone is 1. The van der Waals surface area contributed by atoms with E-state index in [0.29, 0.717) is 18.1 Å². The average molecular weight is 152 g/mol. The number of rotatable bonds is 1. The minimum atomic E-state index is 0.124. The molecule has 0 saturated heterocycles. The second-order valence-electron chi connectivity index (χ2n) is 4.06. The number of Topliss-reactive ketones (excluding diaryl/α,β-unsaturated/α-hetero) is 1. The van der Waals surface area contributed by atoms with Gasteiger partial charge in [-0.15, -0.1) is 6.58 Å². The second kappa shape index (κ2) is 2.47. The van der Waals surface area contributed by atoms with Crippen LogP contribution in [0.2, 0.25) is 0 Å². The highest BCUT2D eigenvalue weighted by molar-refractivity contribution is 5.84. The molecule has 1 heteroatoms. The zero-order valence-electron chi connectivity index (χ0n) is 7.55. The molecule has 0 bridgehead atoms. The van der Waals surface area contributed by atoms with Gasteiger partial charge in [-0.2, -0.15) is 0 Å². The Bertz CT molecular complexity index is 191. The van der Waals surface area contributed by atoms with Gasteiger partial charge in [0.05, 0.1) is 0 Å². The zero-order valence-corrected chi connectivity index (χ0v) is 7.55. The lowest BCUT2D eigenvalue weighted by Crippen LogP contribution is -2.23. The first-order chi connectivity index (χ1) is 5.00. The molecule has 2 unspecified atom stereocenters. The van der Waals surface area contributed by atoms with Crippen molar-refractivity contribution in [1.29, 1.82) is 0 Å². The van der Waals surface area contributed by atoms with Crippen LogP contribution >= 0.6 is 0 Å². The minimum Gasteiger partial charge on any atom is -0.299 e. The lowest BCUT2D eigenvalue weighted by atomic mass is 9.76. The fourth-order valence-corrected chi connectivity index (χ4v) is 1.78. The van der Waals surface area contributed by atoms with E-state index >= 15 is 0 Å². The molecule has 0 aliphatic heterocycles. The lowest BCUT2D eigenvalue weighted by Gasteiger charge is -2.27. The third-order valence-corrected chi connectivity index (χ3v) is 3.26. The van der Waals surface area contributed by atoms with Crippen molar-refractivity contribution in [2.75, 3.05) is 0 Å². The Hall–Kier alpha value is -0.590. The van der Waals surface area contributed by atoms with Crippen LogP contribution < -0.4 is 0 Å². The van der Waals surface area contributed by atoms with Crippen LogP contribution in [-0.2, 0) is 4.79 Å². The smallest absolute Gasteiger partial charge is 0.136 e. The number of hydrogen-bond acceptors (Lipinski definition) is 1. The molecule has 1 aliphatic rings. The van der Waals surface area contributed by atoms with Crippen molar-refractivity contribution < 1.29 is 4.79 Å². The highest BCUT2D eigenvalue weighted by Crippen LogP contribution is 2.45. The van der Waals surface area contributed by atoms with Gasteiger partial charge in [0.15, 0.2) is 0 Å². The molecule has 0 amide bonds. The summed E-state index contributed by atoms with van der Waals surface area (Å²) in [7, 11) is 0. The lowest BCUT2D eigenvalue weighted by molar-refractivity contribution is -0.121. The molecule has 1 rings (SSSR count). The predicted molar refractivity (Wildman–Crippen MR) is 46.3 cm³/mol. The van der Waals surface area contributed by atoms with Crippen LogP contribution in [0.25, 0.3) is 0 Å². The quantitative estimate of drug-likeness (QED) is 0.527. The molecular formula is C10H16O. The van der Waals surface area contributed by atoms with Crippen LogP contribution in [0.3, 0.4) is 0 Å². The van der Waals surface area contributed by atoms with Crippen molar-refractivity contribution in [3.8, 4) is 0 Å². The Morgan fingerprint density at radius 1 is 1.64 bits per heavy atom. The topological polar surface area (TPSA) is 17.1 Å². The molecule has 0 aromatic rings. The Balaban J connectivity index is 2.90. The van der Waals surface area contributed by atoms with Gasteiger partial charge in [-0.25, -0.2) is 0 Å². The van der Waals surface area contributed by atoms with Crippen LogP contribution in [-0.4, -0.2) is 5.78 Å².